The molecule has 1 rings (SSSR count). The van der Waals surface area contributed by atoms with Crippen LogP contribution in [-0.2, 0) is 15.9 Å². The van der Waals surface area contributed by atoms with Gasteiger partial charge in [-0.05, 0) is 37.6 Å². The highest BCUT2D eigenvalue weighted by atomic mass is 35.5. The largest absolute Gasteiger partial charge is 0.243 e. The molecule has 0 fully saturated rings. The maximum atomic E-state index is 12.4. The van der Waals surface area contributed by atoms with Crippen LogP contribution in [-0.4, -0.2) is 25.3 Å². The zero-order chi connectivity index (χ0) is 13.9. The van der Waals surface area contributed by atoms with Crippen LogP contribution in [0.15, 0.2) is 23.1 Å². The molecule has 102 valence electrons. The zero-order valence-electron chi connectivity index (χ0n) is 10.7. The normalized spacial score (nSPS) is 12.4. The Morgan fingerprint density at radius 1 is 1.33 bits per heavy atom. The van der Waals surface area contributed by atoms with Crippen LogP contribution >= 0.6 is 23.2 Å². The topological polar surface area (TPSA) is 37.4 Å². The molecule has 1 aromatic rings. The lowest BCUT2D eigenvalue weighted by Crippen LogP contribution is -2.36. The van der Waals surface area contributed by atoms with Crippen LogP contribution in [0.25, 0.3) is 0 Å². The summed E-state index contributed by atoms with van der Waals surface area (Å²) in [5.74, 6) is 0.190. The number of benzene rings is 1. The van der Waals surface area contributed by atoms with Gasteiger partial charge in [-0.1, -0.05) is 18.5 Å². The van der Waals surface area contributed by atoms with Crippen molar-refractivity contribution in [1.82, 2.24) is 4.31 Å². The van der Waals surface area contributed by atoms with E-state index in [2.05, 4.69) is 0 Å². The van der Waals surface area contributed by atoms with E-state index < -0.39 is 10.0 Å². The van der Waals surface area contributed by atoms with Gasteiger partial charge in [0.15, 0.2) is 0 Å². The summed E-state index contributed by atoms with van der Waals surface area (Å²) in [6.07, 6.45) is 0. The molecule has 0 spiro atoms. The smallest absolute Gasteiger partial charge is 0.207 e. The third-order valence-corrected chi connectivity index (χ3v) is 5.46. The fraction of sp³-hybridized carbons (Fsp3) is 0.500. The van der Waals surface area contributed by atoms with Crippen molar-refractivity contribution in [3.63, 3.8) is 0 Å². The number of hydrogen-bond acceptors (Lipinski definition) is 2. The molecule has 3 nitrogen and oxygen atoms in total. The maximum Gasteiger partial charge on any atom is 0.243 e. The number of halogens is 2. The summed E-state index contributed by atoms with van der Waals surface area (Å²) in [6, 6.07) is 4.53. The van der Waals surface area contributed by atoms with Gasteiger partial charge in [0.1, 0.15) is 0 Å². The Morgan fingerprint density at radius 3 is 2.39 bits per heavy atom. The molecule has 0 atom stereocenters. The highest BCUT2D eigenvalue weighted by Crippen LogP contribution is 2.25. The first-order chi connectivity index (χ1) is 8.34. The summed E-state index contributed by atoms with van der Waals surface area (Å²) in [7, 11) is -3.48. The SMILES string of the molecule is CCN(C(C)C)S(=O)(=O)c1ccc(Cl)c(CCl)c1. The molecule has 0 N–H and O–H groups in total. The van der Waals surface area contributed by atoms with Crippen molar-refractivity contribution in [3.8, 4) is 0 Å². The van der Waals surface area contributed by atoms with Crippen LogP contribution < -0.4 is 0 Å². The van der Waals surface area contributed by atoms with Gasteiger partial charge >= 0.3 is 0 Å². The Balaban J connectivity index is 3.28. The second kappa shape index (κ2) is 6.24. The van der Waals surface area contributed by atoms with Crippen molar-refractivity contribution >= 4 is 33.2 Å². The quantitative estimate of drug-likeness (QED) is 0.781. The second-order valence-corrected chi connectivity index (χ2v) is 6.75. The van der Waals surface area contributed by atoms with E-state index in [1.54, 1.807) is 6.07 Å². The molecule has 0 heterocycles. The first kappa shape index (κ1) is 15.8. The van der Waals surface area contributed by atoms with Gasteiger partial charge in [-0.25, -0.2) is 8.42 Å². The fourth-order valence-corrected chi connectivity index (χ4v) is 3.93. The van der Waals surface area contributed by atoms with E-state index in [1.807, 2.05) is 20.8 Å². The average Bonchev–Trinajstić information content (AvgIpc) is 2.29. The number of rotatable bonds is 5. The van der Waals surface area contributed by atoms with Crippen molar-refractivity contribution in [3.05, 3.63) is 28.8 Å². The van der Waals surface area contributed by atoms with E-state index in [0.717, 1.165) is 0 Å². The summed E-state index contributed by atoms with van der Waals surface area (Å²) < 4.78 is 26.3. The molecule has 0 radical (unpaired) electrons. The van der Waals surface area contributed by atoms with Crippen molar-refractivity contribution in [2.24, 2.45) is 0 Å². The number of nitrogens with zero attached hydrogens (tertiary/aromatic N) is 1. The van der Waals surface area contributed by atoms with Crippen LogP contribution in [0, 0.1) is 0 Å². The van der Waals surface area contributed by atoms with Gasteiger partial charge in [0, 0.05) is 23.5 Å². The van der Waals surface area contributed by atoms with E-state index in [9.17, 15) is 8.42 Å². The minimum Gasteiger partial charge on any atom is -0.207 e. The molecule has 1 aromatic carbocycles. The molecule has 0 bridgehead atoms. The molecule has 0 amide bonds. The van der Waals surface area contributed by atoms with Gasteiger partial charge in [0.25, 0.3) is 0 Å². The van der Waals surface area contributed by atoms with E-state index in [0.29, 0.717) is 17.1 Å². The molecule has 0 saturated carbocycles. The lowest BCUT2D eigenvalue weighted by atomic mass is 10.2. The highest BCUT2D eigenvalue weighted by molar-refractivity contribution is 7.89. The molecular formula is C12H17Cl2NO2S. The van der Waals surface area contributed by atoms with Gasteiger partial charge in [0.2, 0.25) is 10.0 Å². The third-order valence-electron chi connectivity index (χ3n) is 2.66. The van der Waals surface area contributed by atoms with Crippen molar-refractivity contribution < 1.29 is 8.42 Å². The molecule has 0 aliphatic heterocycles. The summed E-state index contributed by atoms with van der Waals surface area (Å²) >= 11 is 11.7. The van der Waals surface area contributed by atoms with Crippen LogP contribution in [0.5, 0.6) is 0 Å². The standard InChI is InChI=1S/C12H17Cl2NO2S/c1-4-15(9(2)3)18(16,17)11-5-6-12(14)10(7-11)8-13/h5-7,9H,4,8H2,1-3H3. The molecule has 0 aliphatic carbocycles. The van der Waals surface area contributed by atoms with Crippen molar-refractivity contribution in [1.29, 1.82) is 0 Å². The summed E-state index contributed by atoms with van der Waals surface area (Å²) in [5.41, 5.74) is 0.624. The lowest BCUT2D eigenvalue weighted by molar-refractivity contribution is 0.369. The van der Waals surface area contributed by atoms with Gasteiger partial charge in [0.05, 0.1) is 4.90 Å². The average molecular weight is 310 g/mol. The van der Waals surface area contributed by atoms with Gasteiger partial charge < -0.3 is 0 Å². The van der Waals surface area contributed by atoms with E-state index >= 15 is 0 Å². The third kappa shape index (κ3) is 3.18. The predicted molar refractivity (Wildman–Crippen MR) is 75.7 cm³/mol. The number of sulfonamides is 1. The molecule has 0 saturated heterocycles. The molecule has 18 heavy (non-hydrogen) atoms. The molecule has 0 unspecified atom stereocenters. The van der Waals surface area contributed by atoms with Crippen LogP contribution in [0.2, 0.25) is 5.02 Å². The highest BCUT2D eigenvalue weighted by Gasteiger charge is 2.25. The molecule has 0 aromatic heterocycles. The predicted octanol–water partition coefficient (Wildman–Crippen LogP) is 3.50. The van der Waals surface area contributed by atoms with Crippen LogP contribution in [0.4, 0.5) is 0 Å². The van der Waals surface area contributed by atoms with Gasteiger partial charge in [-0.3, -0.25) is 0 Å². The Kier molecular flexibility index (Phi) is 5.46. The van der Waals surface area contributed by atoms with Gasteiger partial charge in [-0.15, -0.1) is 11.6 Å². The Hall–Kier alpha value is -0.290. The van der Waals surface area contributed by atoms with E-state index in [-0.39, 0.29) is 16.8 Å². The molecule has 0 aliphatic rings. The summed E-state index contributed by atoms with van der Waals surface area (Å²) in [4.78, 5) is 0.234. The Bertz CT molecular complexity index is 515. The summed E-state index contributed by atoms with van der Waals surface area (Å²) in [5, 5.41) is 0.483. The maximum absolute atomic E-state index is 12.4. The van der Waals surface area contributed by atoms with Crippen LogP contribution in [0.1, 0.15) is 26.3 Å². The second-order valence-electron chi connectivity index (χ2n) is 4.19. The lowest BCUT2D eigenvalue weighted by Gasteiger charge is -2.24. The summed E-state index contributed by atoms with van der Waals surface area (Å²) in [6.45, 7) is 5.94. The van der Waals surface area contributed by atoms with Crippen LogP contribution in [0.3, 0.4) is 0 Å². The number of alkyl halides is 1. The van der Waals surface area contributed by atoms with E-state index in [1.165, 1.54) is 16.4 Å². The minimum absolute atomic E-state index is 0.0878. The van der Waals surface area contributed by atoms with Gasteiger partial charge in [-0.2, -0.15) is 4.31 Å². The Morgan fingerprint density at radius 2 is 1.94 bits per heavy atom. The molecule has 6 heteroatoms. The zero-order valence-corrected chi connectivity index (χ0v) is 13.0. The fourth-order valence-electron chi connectivity index (χ4n) is 1.76. The first-order valence-electron chi connectivity index (χ1n) is 5.70. The monoisotopic (exact) mass is 309 g/mol. The van der Waals surface area contributed by atoms with E-state index in [4.69, 9.17) is 23.2 Å². The first-order valence-corrected chi connectivity index (χ1v) is 8.06. The number of hydrogen-bond donors (Lipinski definition) is 0. The minimum atomic E-state index is -3.48. The van der Waals surface area contributed by atoms with Crippen molar-refractivity contribution in [2.45, 2.75) is 37.6 Å². The Labute approximate surface area is 119 Å². The van der Waals surface area contributed by atoms with Crippen molar-refractivity contribution in [2.75, 3.05) is 6.54 Å². The molecular weight excluding hydrogens is 293 g/mol.